The van der Waals surface area contributed by atoms with Gasteiger partial charge in [0, 0.05) is 30.3 Å². The van der Waals surface area contributed by atoms with E-state index in [1.54, 1.807) is 0 Å². The van der Waals surface area contributed by atoms with Crippen LogP contribution in [0.25, 0.3) is 0 Å². The summed E-state index contributed by atoms with van der Waals surface area (Å²) in [6, 6.07) is 8.72. The molecule has 0 spiro atoms. The number of para-hydroxylation sites is 1. The Morgan fingerprint density at radius 3 is 3.03 bits per heavy atom. The maximum Gasteiger partial charge on any atom is 0.311 e. The van der Waals surface area contributed by atoms with Gasteiger partial charge in [0.05, 0.1) is 24.8 Å². The molecule has 29 heavy (non-hydrogen) atoms. The number of hydrogen-bond acceptors (Lipinski definition) is 5. The zero-order valence-corrected chi connectivity index (χ0v) is 17.1. The van der Waals surface area contributed by atoms with Crippen LogP contribution in [0.5, 0.6) is 0 Å². The Morgan fingerprint density at radius 2 is 2.24 bits per heavy atom. The molecule has 3 heterocycles. The standard InChI is InChI=1S/C24H30N2O3/c1-3-10-24-11-12-26-14-15-8-9-20(27)21(23(28)29-2)16(15)13-19(26)22(24)25-18-7-5-4-6-17(18)24/h3-7,15-16,19-21,27H,1,8-14H2,2H3/t15-,16-,19-,20-,21+,24+/m0/s1. The van der Waals surface area contributed by atoms with Crippen molar-refractivity contribution in [1.82, 2.24) is 4.90 Å². The number of piperidine rings is 2. The molecule has 1 N–H and O–H groups in total. The summed E-state index contributed by atoms with van der Waals surface area (Å²) in [5.74, 6) is -0.0834. The topological polar surface area (TPSA) is 62.1 Å². The number of methoxy groups -OCH3 is 1. The van der Waals surface area contributed by atoms with Crippen LogP contribution in [0.1, 0.15) is 37.7 Å². The second kappa shape index (κ2) is 7.06. The van der Waals surface area contributed by atoms with Crippen molar-refractivity contribution < 1.29 is 14.6 Å². The summed E-state index contributed by atoms with van der Waals surface area (Å²) < 4.78 is 5.08. The molecular weight excluding hydrogens is 364 g/mol. The summed E-state index contributed by atoms with van der Waals surface area (Å²) >= 11 is 0. The quantitative estimate of drug-likeness (QED) is 0.632. The number of allylic oxidation sites excluding steroid dienone is 1. The van der Waals surface area contributed by atoms with Gasteiger partial charge in [-0.05, 0) is 55.6 Å². The van der Waals surface area contributed by atoms with Crippen molar-refractivity contribution in [2.24, 2.45) is 22.7 Å². The number of esters is 1. The predicted molar refractivity (Wildman–Crippen MR) is 112 cm³/mol. The molecule has 0 bridgehead atoms. The Balaban J connectivity index is 1.52. The minimum absolute atomic E-state index is 0.0691. The molecule has 3 fully saturated rings. The first-order valence-corrected chi connectivity index (χ1v) is 10.9. The second-order valence-corrected chi connectivity index (χ2v) is 9.20. The van der Waals surface area contributed by atoms with Crippen LogP contribution < -0.4 is 0 Å². The van der Waals surface area contributed by atoms with Crippen LogP contribution >= 0.6 is 0 Å². The third kappa shape index (κ3) is 2.74. The number of aliphatic imine (C=N–C) groups is 1. The highest BCUT2D eigenvalue weighted by atomic mass is 16.5. The lowest BCUT2D eigenvalue weighted by atomic mass is 9.60. The molecule has 1 saturated carbocycles. The van der Waals surface area contributed by atoms with E-state index in [2.05, 4.69) is 35.7 Å². The Morgan fingerprint density at radius 1 is 1.41 bits per heavy atom. The van der Waals surface area contributed by atoms with E-state index >= 15 is 0 Å². The maximum absolute atomic E-state index is 12.5. The van der Waals surface area contributed by atoms with E-state index in [0.29, 0.717) is 12.3 Å². The van der Waals surface area contributed by atoms with Crippen molar-refractivity contribution in [2.45, 2.75) is 49.7 Å². The molecule has 0 radical (unpaired) electrons. The molecule has 154 valence electrons. The zero-order chi connectivity index (χ0) is 20.2. The van der Waals surface area contributed by atoms with Crippen molar-refractivity contribution in [3.8, 4) is 0 Å². The molecule has 0 amide bonds. The highest BCUT2D eigenvalue weighted by Crippen LogP contribution is 2.52. The average molecular weight is 395 g/mol. The van der Waals surface area contributed by atoms with E-state index in [-0.39, 0.29) is 23.3 Å². The summed E-state index contributed by atoms with van der Waals surface area (Å²) in [7, 11) is 1.43. The van der Waals surface area contributed by atoms with Crippen molar-refractivity contribution in [2.75, 3.05) is 20.2 Å². The number of benzene rings is 1. The van der Waals surface area contributed by atoms with Gasteiger partial charge in [-0.1, -0.05) is 24.3 Å². The number of nitrogens with zero attached hydrogens (tertiary/aromatic N) is 2. The average Bonchev–Trinajstić information content (AvgIpc) is 3.07. The van der Waals surface area contributed by atoms with E-state index in [9.17, 15) is 9.90 Å². The Bertz CT molecular complexity index is 865. The SMILES string of the molecule is C=CC[C@]12CCN3C[C@@H]4CC[C@H](O)[C@H](C(=O)OC)[C@H]4C[C@H]3C1=Nc1ccccc12. The third-order valence-corrected chi connectivity index (χ3v) is 7.98. The molecule has 5 nitrogen and oxygen atoms in total. The van der Waals surface area contributed by atoms with E-state index in [1.807, 2.05) is 6.08 Å². The van der Waals surface area contributed by atoms with Crippen LogP contribution in [0.2, 0.25) is 0 Å². The fraction of sp³-hybridized carbons (Fsp3) is 0.583. The fourth-order valence-electron chi connectivity index (χ4n) is 6.66. The number of ether oxygens (including phenoxy) is 1. The minimum atomic E-state index is -0.598. The number of carbonyl (C=O) groups is 1. The van der Waals surface area contributed by atoms with E-state index in [1.165, 1.54) is 18.4 Å². The molecule has 1 aromatic carbocycles. The summed E-state index contributed by atoms with van der Waals surface area (Å²) in [6.45, 7) is 6.07. The number of carbonyl (C=O) groups excluding carboxylic acids is 1. The van der Waals surface area contributed by atoms with Crippen molar-refractivity contribution >= 4 is 17.4 Å². The van der Waals surface area contributed by atoms with E-state index in [0.717, 1.165) is 44.5 Å². The normalized spacial score (nSPS) is 38.1. The van der Waals surface area contributed by atoms with Gasteiger partial charge in [0.1, 0.15) is 0 Å². The molecule has 1 aromatic rings. The number of rotatable bonds is 3. The first kappa shape index (κ1) is 19.0. The molecule has 6 atom stereocenters. The van der Waals surface area contributed by atoms with Gasteiger partial charge >= 0.3 is 5.97 Å². The first-order valence-electron chi connectivity index (χ1n) is 10.9. The molecular formula is C24H30N2O3. The second-order valence-electron chi connectivity index (χ2n) is 9.20. The van der Waals surface area contributed by atoms with Crippen LogP contribution in [0, 0.1) is 17.8 Å². The maximum atomic E-state index is 12.5. The Labute approximate surface area is 172 Å². The summed E-state index contributed by atoms with van der Waals surface area (Å²) in [4.78, 5) is 20.3. The van der Waals surface area contributed by atoms with Crippen molar-refractivity contribution in [1.29, 1.82) is 0 Å². The first-order chi connectivity index (χ1) is 14.1. The minimum Gasteiger partial charge on any atom is -0.469 e. The molecule has 2 saturated heterocycles. The number of aliphatic hydroxyl groups is 1. The highest BCUT2D eigenvalue weighted by molar-refractivity contribution is 6.06. The molecule has 0 unspecified atom stereocenters. The lowest BCUT2D eigenvalue weighted by molar-refractivity contribution is -0.159. The summed E-state index contributed by atoms with van der Waals surface area (Å²) in [6.07, 6.45) is 5.92. The van der Waals surface area contributed by atoms with Gasteiger partial charge in [0.2, 0.25) is 0 Å². The van der Waals surface area contributed by atoms with Gasteiger partial charge in [-0.15, -0.1) is 6.58 Å². The lowest BCUT2D eigenvalue weighted by Gasteiger charge is -2.54. The van der Waals surface area contributed by atoms with Gasteiger partial charge < -0.3 is 9.84 Å². The van der Waals surface area contributed by atoms with Crippen LogP contribution in [-0.4, -0.2) is 54.0 Å². The van der Waals surface area contributed by atoms with E-state index in [4.69, 9.17) is 9.73 Å². The van der Waals surface area contributed by atoms with Crippen molar-refractivity contribution in [3.63, 3.8) is 0 Å². The predicted octanol–water partition coefficient (Wildman–Crippen LogP) is 3.24. The van der Waals surface area contributed by atoms with Crippen LogP contribution in [-0.2, 0) is 14.9 Å². The van der Waals surface area contributed by atoms with Gasteiger partial charge in [0.25, 0.3) is 0 Å². The zero-order valence-electron chi connectivity index (χ0n) is 17.1. The largest absolute Gasteiger partial charge is 0.469 e. The Kier molecular flexibility index (Phi) is 4.63. The van der Waals surface area contributed by atoms with Gasteiger partial charge in [-0.25, -0.2) is 0 Å². The van der Waals surface area contributed by atoms with Crippen LogP contribution in [0.3, 0.4) is 0 Å². The summed E-state index contributed by atoms with van der Waals surface area (Å²) in [5.41, 5.74) is 3.58. The van der Waals surface area contributed by atoms with Crippen LogP contribution in [0.4, 0.5) is 5.69 Å². The molecule has 3 aliphatic heterocycles. The van der Waals surface area contributed by atoms with Crippen LogP contribution in [0.15, 0.2) is 41.9 Å². The fourth-order valence-corrected chi connectivity index (χ4v) is 6.66. The smallest absolute Gasteiger partial charge is 0.311 e. The summed E-state index contributed by atoms with van der Waals surface area (Å²) in [5, 5.41) is 10.6. The van der Waals surface area contributed by atoms with Gasteiger partial charge in [0.15, 0.2) is 0 Å². The van der Waals surface area contributed by atoms with Gasteiger partial charge in [-0.3, -0.25) is 14.7 Å². The van der Waals surface area contributed by atoms with Crippen molar-refractivity contribution in [3.05, 3.63) is 42.5 Å². The number of hydrogen-bond donors (Lipinski definition) is 1. The molecule has 0 aromatic heterocycles. The third-order valence-electron chi connectivity index (χ3n) is 7.98. The van der Waals surface area contributed by atoms with Gasteiger partial charge in [-0.2, -0.15) is 0 Å². The lowest BCUT2D eigenvalue weighted by Crippen LogP contribution is -2.62. The monoisotopic (exact) mass is 394 g/mol. The number of aliphatic hydroxyl groups excluding tert-OH is 1. The Hall–Kier alpha value is -1.98. The number of fused-ring (bicyclic) bond motifs is 6. The molecule has 5 rings (SSSR count). The molecule has 1 aliphatic carbocycles. The molecule has 4 aliphatic rings. The highest BCUT2D eigenvalue weighted by Gasteiger charge is 2.55. The molecule has 5 heteroatoms. The van der Waals surface area contributed by atoms with E-state index < -0.39 is 12.0 Å².